The fraction of sp³-hybridized carbons (Fsp3) is 0.273. The summed E-state index contributed by atoms with van der Waals surface area (Å²) < 4.78 is 0.913. The zero-order valence-corrected chi connectivity index (χ0v) is 11.2. The predicted octanol–water partition coefficient (Wildman–Crippen LogP) is 1.83. The number of carbonyl (C=O) groups is 2. The van der Waals surface area contributed by atoms with E-state index in [0.717, 1.165) is 10.0 Å². The van der Waals surface area contributed by atoms with Crippen LogP contribution in [0.2, 0.25) is 0 Å². The Kier molecular flexibility index (Phi) is 5.60. The van der Waals surface area contributed by atoms with Gasteiger partial charge in [0.1, 0.15) is 0 Å². The van der Waals surface area contributed by atoms with Crippen molar-refractivity contribution in [2.75, 3.05) is 6.61 Å². The van der Waals surface area contributed by atoms with Crippen molar-refractivity contribution in [3.05, 3.63) is 34.3 Å². The molecule has 0 aliphatic rings. The first-order valence-electron chi connectivity index (χ1n) is 5.14. The minimum atomic E-state index is -1.16. The largest absolute Gasteiger partial charge is 0.479 e. The number of hydroxylamine groups is 1. The van der Waals surface area contributed by atoms with Crippen LogP contribution >= 0.6 is 15.9 Å². The predicted molar refractivity (Wildman–Crippen MR) is 67.8 cm³/mol. The van der Waals surface area contributed by atoms with Crippen LogP contribution in [-0.2, 0) is 9.63 Å². The van der Waals surface area contributed by atoms with Crippen LogP contribution in [-0.4, -0.2) is 23.7 Å². The lowest BCUT2D eigenvalue weighted by Crippen LogP contribution is -2.38. The molecule has 0 aromatic heterocycles. The molecule has 1 unspecified atom stereocenters. The number of carboxylic acids is 1. The van der Waals surface area contributed by atoms with Gasteiger partial charge in [0.15, 0.2) is 6.61 Å². The van der Waals surface area contributed by atoms with Crippen molar-refractivity contribution in [3.8, 4) is 0 Å². The van der Waals surface area contributed by atoms with Crippen LogP contribution in [0.5, 0.6) is 0 Å². The van der Waals surface area contributed by atoms with E-state index in [1.807, 2.05) is 29.7 Å². The second kappa shape index (κ2) is 6.97. The van der Waals surface area contributed by atoms with Crippen LogP contribution in [0.25, 0.3) is 0 Å². The number of halogens is 1. The van der Waals surface area contributed by atoms with E-state index in [4.69, 9.17) is 5.11 Å². The third-order valence-electron chi connectivity index (χ3n) is 2.06. The summed E-state index contributed by atoms with van der Waals surface area (Å²) in [6.45, 7) is 1.22. The van der Waals surface area contributed by atoms with Crippen LogP contribution in [0.1, 0.15) is 18.5 Å². The zero-order valence-electron chi connectivity index (χ0n) is 9.64. The Hall–Kier alpha value is -1.60. The maximum Gasteiger partial charge on any atom is 0.339 e. The molecule has 3 N–H and O–H groups in total. The van der Waals surface area contributed by atoms with Crippen LogP contribution in [0.3, 0.4) is 0 Å². The minimum Gasteiger partial charge on any atom is -0.479 e. The van der Waals surface area contributed by atoms with E-state index in [2.05, 4.69) is 26.1 Å². The second-order valence-electron chi connectivity index (χ2n) is 3.53. The van der Waals surface area contributed by atoms with Gasteiger partial charge in [-0.3, -0.25) is 4.84 Å². The Balaban J connectivity index is 2.42. The lowest BCUT2D eigenvalue weighted by Gasteiger charge is -2.14. The number of carboxylic acid groups (broad SMARTS) is 1. The Morgan fingerprint density at radius 2 is 2.22 bits per heavy atom. The Morgan fingerprint density at radius 1 is 1.50 bits per heavy atom. The smallest absolute Gasteiger partial charge is 0.339 e. The highest BCUT2D eigenvalue weighted by molar-refractivity contribution is 9.10. The Bertz CT molecular complexity index is 439. The van der Waals surface area contributed by atoms with Crippen molar-refractivity contribution >= 4 is 27.9 Å². The molecule has 98 valence electrons. The molecule has 18 heavy (non-hydrogen) atoms. The summed E-state index contributed by atoms with van der Waals surface area (Å²) in [5, 5.41) is 10.9. The molecule has 1 aromatic carbocycles. The molecular weight excluding hydrogens is 304 g/mol. The number of hydrogen-bond acceptors (Lipinski definition) is 3. The van der Waals surface area contributed by atoms with E-state index >= 15 is 0 Å². The van der Waals surface area contributed by atoms with Crippen LogP contribution in [0, 0.1) is 0 Å². The molecule has 0 aliphatic heterocycles. The molecule has 1 rings (SSSR count). The first-order chi connectivity index (χ1) is 8.49. The van der Waals surface area contributed by atoms with E-state index < -0.39 is 18.6 Å². The Morgan fingerprint density at radius 3 is 2.83 bits per heavy atom. The first kappa shape index (κ1) is 14.5. The van der Waals surface area contributed by atoms with Gasteiger partial charge in [-0.05, 0) is 24.6 Å². The van der Waals surface area contributed by atoms with Gasteiger partial charge in [0.05, 0.1) is 6.04 Å². The maximum atomic E-state index is 11.3. The van der Waals surface area contributed by atoms with Crippen LogP contribution in [0.15, 0.2) is 28.7 Å². The fourth-order valence-electron chi connectivity index (χ4n) is 1.25. The third kappa shape index (κ3) is 5.15. The zero-order chi connectivity index (χ0) is 13.5. The number of benzene rings is 1. The molecule has 0 saturated heterocycles. The number of amides is 2. The van der Waals surface area contributed by atoms with Crippen LogP contribution < -0.4 is 10.8 Å². The number of hydrogen-bond donors (Lipinski definition) is 3. The topological polar surface area (TPSA) is 87.7 Å². The van der Waals surface area contributed by atoms with Gasteiger partial charge in [0, 0.05) is 4.47 Å². The summed E-state index contributed by atoms with van der Waals surface area (Å²) >= 11 is 3.34. The van der Waals surface area contributed by atoms with Gasteiger partial charge in [-0.15, -0.1) is 0 Å². The molecule has 0 fully saturated rings. The van der Waals surface area contributed by atoms with E-state index in [1.54, 1.807) is 6.92 Å². The quantitative estimate of drug-likeness (QED) is 0.723. The highest BCUT2D eigenvalue weighted by Crippen LogP contribution is 2.17. The van der Waals surface area contributed by atoms with Crippen molar-refractivity contribution in [2.45, 2.75) is 13.0 Å². The lowest BCUT2D eigenvalue weighted by atomic mass is 10.1. The second-order valence-corrected chi connectivity index (χ2v) is 4.45. The number of carbonyl (C=O) groups excluding carboxylic acids is 1. The van der Waals surface area contributed by atoms with Crippen molar-refractivity contribution < 1.29 is 19.5 Å². The van der Waals surface area contributed by atoms with Crippen molar-refractivity contribution in [1.82, 2.24) is 10.8 Å². The summed E-state index contributed by atoms with van der Waals surface area (Å²) in [5.74, 6) is -1.16. The number of nitrogens with one attached hydrogen (secondary N) is 2. The molecule has 2 amide bonds. The van der Waals surface area contributed by atoms with Gasteiger partial charge in [-0.2, -0.15) is 0 Å². The summed E-state index contributed by atoms with van der Waals surface area (Å²) in [4.78, 5) is 25.9. The first-order valence-corrected chi connectivity index (χ1v) is 5.94. The molecule has 0 saturated carbocycles. The molecule has 0 radical (unpaired) electrons. The molecule has 0 aliphatic carbocycles. The minimum absolute atomic E-state index is 0.226. The monoisotopic (exact) mass is 316 g/mol. The average Bonchev–Trinajstić information content (AvgIpc) is 2.28. The Labute approximate surface area is 112 Å². The number of urea groups is 1. The van der Waals surface area contributed by atoms with Crippen molar-refractivity contribution in [3.63, 3.8) is 0 Å². The molecule has 6 nitrogen and oxygen atoms in total. The summed E-state index contributed by atoms with van der Waals surface area (Å²) in [5.41, 5.74) is 2.90. The SMILES string of the molecule is CC(NC(=O)NOCC(=O)O)c1cccc(Br)c1. The van der Waals surface area contributed by atoms with Crippen LogP contribution in [0.4, 0.5) is 4.79 Å². The molecule has 1 atom stereocenters. The molecule has 0 heterocycles. The average molecular weight is 317 g/mol. The third-order valence-corrected chi connectivity index (χ3v) is 2.55. The summed E-state index contributed by atoms with van der Waals surface area (Å²) in [7, 11) is 0. The van der Waals surface area contributed by atoms with Gasteiger partial charge >= 0.3 is 12.0 Å². The molecule has 1 aromatic rings. The van der Waals surface area contributed by atoms with Crippen molar-refractivity contribution in [2.24, 2.45) is 0 Å². The highest BCUT2D eigenvalue weighted by Gasteiger charge is 2.09. The van der Waals surface area contributed by atoms with Gasteiger partial charge in [-0.1, -0.05) is 28.1 Å². The van der Waals surface area contributed by atoms with Gasteiger partial charge in [0.25, 0.3) is 0 Å². The maximum absolute atomic E-state index is 11.3. The molecule has 0 bridgehead atoms. The molecular formula is C11H13BrN2O4. The van der Waals surface area contributed by atoms with E-state index in [9.17, 15) is 9.59 Å². The summed E-state index contributed by atoms with van der Waals surface area (Å²) in [6, 6.07) is 6.67. The van der Waals surface area contributed by atoms with E-state index in [0.29, 0.717) is 0 Å². The summed E-state index contributed by atoms with van der Waals surface area (Å²) in [6.07, 6.45) is 0. The standard InChI is InChI=1S/C11H13BrN2O4/c1-7(8-3-2-4-9(12)5-8)13-11(17)14-18-6-10(15)16/h2-5,7H,6H2,1H3,(H,15,16)(H2,13,14,17). The lowest BCUT2D eigenvalue weighted by molar-refractivity contribution is -0.144. The highest BCUT2D eigenvalue weighted by atomic mass is 79.9. The molecule has 7 heteroatoms. The number of aliphatic carboxylic acids is 1. The van der Waals surface area contributed by atoms with Gasteiger partial charge in [-0.25, -0.2) is 15.1 Å². The van der Waals surface area contributed by atoms with Gasteiger partial charge in [0.2, 0.25) is 0 Å². The number of rotatable bonds is 5. The fourth-order valence-corrected chi connectivity index (χ4v) is 1.67. The molecule has 0 spiro atoms. The van der Waals surface area contributed by atoms with Crippen molar-refractivity contribution in [1.29, 1.82) is 0 Å². The van der Waals surface area contributed by atoms with E-state index in [1.165, 1.54) is 0 Å². The normalized spacial score (nSPS) is 11.7. The van der Waals surface area contributed by atoms with Gasteiger partial charge < -0.3 is 10.4 Å². The van der Waals surface area contributed by atoms with E-state index in [-0.39, 0.29) is 6.04 Å².